The molecule has 0 saturated heterocycles. The highest BCUT2D eigenvalue weighted by atomic mass is 31.2. The smallest absolute Gasteiger partial charge is 0.462 e. The molecule has 0 aromatic rings. The number of hydrogen-bond donors (Lipinski definition) is 3. The third-order valence-electron chi connectivity index (χ3n) is 20.0. The van der Waals surface area contributed by atoms with Crippen molar-refractivity contribution in [3.63, 3.8) is 0 Å². The molecule has 0 fully saturated rings. The summed E-state index contributed by atoms with van der Waals surface area (Å²) < 4.78 is 68.8. The van der Waals surface area contributed by atoms with Crippen molar-refractivity contribution in [3.8, 4) is 0 Å². The van der Waals surface area contributed by atoms with Gasteiger partial charge in [-0.2, -0.15) is 0 Å². The molecule has 0 amide bonds. The first kappa shape index (κ1) is 102. The Kier molecular flexibility index (Phi) is 75.0. The largest absolute Gasteiger partial charge is 0.472 e. The average molecular weight is 1520 g/mol. The molecule has 104 heavy (non-hydrogen) atoms. The van der Waals surface area contributed by atoms with Crippen molar-refractivity contribution in [1.29, 1.82) is 0 Å². The van der Waals surface area contributed by atoms with E-state index in [2.05, 4.69) is 41.5 Å². The summed E-state index contributed by atoms with van der Waals surface area (Å²) in [5.74, 6) is -0.507. The van der Waals surface area contributed by atoms with Gasteiger partial charge >= 0.3 is 39.5 Å². The average Bonchev–Trinajstić information content (AvgIpc) is 0.940. The van der Waals surface area contributed by atoms with Crippen molar-refractivity contribution in [3.05, 3.63) is 0 Å². The van der Waals surface area contributed by atoms with Gasteiger partial charge in [0, 0.05) is 25.7 Å². The lowest BCUT2D eigenvalue weighted by atomic mass is 10.0. The quantitative estimate of drug-likeness (QED) is 0.0222. The summed E-state index contributed by atoms with van der Waals surface area (Å²) in [6, 6.07) is 0. The highest BCUT2D eigenvalue weighted by molar-refractivity contribution is 7.47. The van der Waals surface area contributed by atoms with Crippen molar-refractivity contribution < 1.29 is 80.2 Å². The Hall–Kier alpha value is -1.94. The number of carbonyl (C=O) groups excluding carboxylic acids is 4. The number of esters is 4. The van der Waals surface area contributed by atoms with Crippen LogP contribution in [0.15, 0.2) is 0 Å². The third-order valence-corrected chi connectivity index (χ3v) is 21.9. The number of aliphatic hydroxyl groups is 1. The van der Waals surface area contributed by atoms with Gasteiger partial charge in [-0.25, -0.2) is 9.13 Å². The summed E-state index contributed by atoms with van der Waals surface area (Å²) in [5, 5.41) is 10.7. The van der Waals surface area contributed by atoms with Gasteiger partial charge in [0.2, 0.25) is 0 Å². The Balaban J connectivity index is 5.19. The van der Waals surface area contributed by atoms with Gasteiger partial charge in [0.15, 0.2) is 12.2 Å². The number of hydrogen-bond acceptors (Lipinski definition) is 15. The van der Waals surface area contributed by atoms with Crippen LogP contribution in [0.1, 0.15) is 452 Å². The fraction of sp³-hybridized carbons (Fsp3) is 0.953. The minimum atomic E-state index is -4.96. The normalized spacial score (nSPS) is 13.8. The van der Waals surface area contributed by atoms with Crippen LogP contribution < -0.4 is 0 Å². The van der Waals surface area contributed by atoms with Crippen LogP contribution in [0, 0.1) is 11.8 Å². The molecule has 0 aliphatic carbocycles. The topological polar surface area (TPSA) is 237 Å². The molecule has 0 spiro atoms. The fourth-order valence-electron chi connectivity index (χ4n) is 13.2. The summed E-state index contributed by atoms with van der Waals surface area (Å²) in [5.41, 5.74) is 0. The number of phosphoric acid groups is 2. The third kappa shape index (κ3) is 78.2. The monoisotopic (exact) mass is 1520 g/mol. The van der Waals surface area contributed by atoms with Gasteiger partial charge in [-0.15, -0.1) is 0 Å². The molecule has 618 valence electrons. The zero-order chi connectivity index (χ0) is 76.4. The van der Waals surface area contributed by atoms with Crippen molar-refractivity contribution in [1.82, 2.24) is 0 Å². The molecule has 0 rings (SSSR count). The fourth-order valence-corrected chi connectivity index (χ4v) is 14.8. The van der Waals surface area contributed by atoms with Crippen LogP contribution in [0.2, 0.25) is 0 Å². The molecule has 5 atom stereocenters. The summed E-state index contributed by atoms with van der Waals surface area (Å²) >= 11 is 0. The van der Waals surface area contributed by atoms with E-state index in [1.54, 1.807) is 0 Å². The lowest BCUT2D eigenvalue weighted by molar-refractivity contribution is -0.161. The zero-order valence-electron chi connectivity index (χ0n) is 68.3. The second kappa shape index (κ2) is 76.4. The molecule has 3 N–H and O–H groups in total. The van der Waals surface area contributed by atoms with Crippen LogP contribution in [0.3, 0.4) is 0 Å². The Morgan fingerprint density at radius 1 is 0.260 bits per heavy atom. The maximum absolute atomic E-state index is 13.1. The molecular weight excluding hydrogens is 1350 g/mol. The van der Waals surface area contributed by atoms with Crippen molar-refractivity contribution >= 4 is 39.5 Å². The maximum Gasteiger partial charge on any atom is 0.472 e. The Bertz CT molecular complexity index is 1990. The molecule has 17 nitrogen and oxygen atoms in total. The molecule has 19 heteroatoms. The second-order valence-electron chi connectivity index (χ2n) is 31.5. The lowest BCUT2D eigenvalue weighted by Gasteiger charge is -2.21. The van der Waals surface area contributed by atoms with E-state index in [-0.39, 0.29) is 25.7 Å². The molecule has 0 aromatic carbocycles. The molecule has 0 radical (unpaired) electrons. The minimum absolute atomic E-state index is 0.107. The lowest BCUT2D eigenvalue weighted by Crippen LogP contribution is -2.30. The van der Waals surface area contributed by atoms with Gasteiger partial charge in [0.05, 0.1) is 26.4 Å². The predicted molar refractivity (Wildman–Crippen MR) is 428 cm³/mol. The van der Waals surface area contributed by atoms with E-state index in [9.17, 15) is 43.2 Å². The summed E-state index contributed by atoms with van der Waals surface area (Å²) in [6.07, 6.45) is 68.2. The number of unbranched alkanes of at least 4 members (excludes halogenated alkanes) is 54. The summed E-state index contributed by atoms with van der Waals surface area (Å²) in [4.78, 5) is 73.1. The van der Waals surface area contributed by atoms with Crippen LogP contribution in [-0.2, 0) is 65.4 Å². The van der Waals surface area contributed by atoms with Crippen molar-refractivity contribution in [2.24, 2.45) is 11.8 Å². The number of ether oxygens (including phenoxy) is 4. The first-order valence-corrected chi connectivity index (χ1v) is 47.0. The molecule has 0 saturated carbocycles. The first-order chi connectivity index (χ1) is 50.4. The summed E-state index contributed by atoms with van der Waals surface area (Å²) in [7, 11) is -9.92. The SMILES string of the molecule is CCCCCCCCCCCCCCCCCCCCCCCC(=O)O[C@H](COC(=O)CCCCCCCCCCCCCCCCCCC(C)C)COP(=O)(O)OC[C@@H](O)COP(=O)(O)OC[C@@H](COC(=O)CCCCCCCCCC)OC(=O)CCCCCCCCCCCCCCCC(C)C. The van der Waals surface area contributed by atoms with Crippen LogP contribution in [0.25, 0.3) is 0 Å². The highest BCUT2D eigenvalue weighted by Gasteiger charge is 2.30. The van der Waals surface area contributed by atoms with E-state index in [0.717, 1.165) is 108 Å². The second-order valence-corrected chi connectivity index (χ2v) is 34.4. The first-order valence-electron chi connectivity index (χ1n) is 44.0. The number of rotatable bonds is 84. The number of phosphoric ester groups is 2. The van der Waals surface area contributed by atoms with E-state index in [0.29, 0.717) is 25.7 Å². The molecule has 2 unspecified atom stereocenters. The van der Waals surface area contributed by atoms with E-state index in [4.69, 9.17) is 37.0 Å². The molecular formula is C85H166O17P2. The number of aliphatic hydroxyl groups excluding tert-OH is 1. The summed E-state index contributed by atoms with van der Waals surface area (Å²) in [6.45, 7) is 9.68. The van der Waals surface area contributed by atoms with Gasteiger partial charge in [-0.3, -0.25) is 37.3 Å². The molecule has 0 heterocycles. The van der Waals surface area contributed by atoms with E-state index >= 15 is 0 Å². The highest BCUT2D eigenvalue weighted by Crippen LogP contribution is 2.45. The van der Waals surface area contributed by atoms with Crippen LogP contribution in [0.5, 0.6) is 0 Å². The van der Waals surface area contributed by atoms with Gasteiger partial charge in [-0.1, -0.05) is 401 Å². The van der Waals surface area contributed by atoms with Gasteiger partial charge in [0.25, 0.3) is 0 Å². The van der Waals surface area contributed by atoms with E-state index in [1.165, 1.54) is 263 Å². The van der Waals surface area contributed by atoms with Gasteiger partial charge in [-0.05, 0) is 37.5 Å². The van der Waals surface area contributed by atoms with Crippen LogP contribution in [-0.4, -0.2) is 96.7 Å². The Labute approximate surface area is 638 Å². The molecule has 0 aliphatic rings. The van der Waals surface area contributed by atoms with Crippen LogP contribution in [0.4, 0.5) is 0 Å². The molecule has 0 aromatic heterocycles. The standard InChI is InChI=1S/C85H166O17P2/c1-7-9-11-13-15-17-18-19-20-21-22-23-24-25-30-35-40-45-51-57-63-69-85(90)102-81(74-96-83(88)68-62-56-50-44-39-34-29-27-26-28-32-37-42-47-53-59-65-77(3)4)76-100-104(93,94)98-72-79(86)71-97-103(91,92)99-75-80(73-95-82(87)67-61-55-49-16-14-12-10-8-2)101-84(89)70-64-58-52-46-41-36-31-33-38-43-48-54-60-66-78(5)6/h77-81,86H,7-76H2,1-6H3,(H,91,92)(H,93,94)/t79-,80+,81+/m0/s1. The molecule has 0 aliphatic heterocycles. The predicted octanol–water partition coefficient (Wildman–Crippen LogP) is 25.8. The van der Waals surface area contributed by atoms with E-state index < -0.39 is 97.5 Å². The van der Waals surface area contributed by atoms with E-state index in [1.807, 2.05) is 0 Å². The van der Waals surface area contributed by atoms with Crippen molar-refractivity contribution in [2.75, 3.05) is 39.6 Å². The molecule has 0 bridgehead atoms. The zero-order valence-corrected chi connectivity index (χ0v) is 70.1. The van der Waals surface area contributed by atoms with Crippen LogP contribution >= 0.6 is 15.6 Å². The van der Waals surface area contributed by atoms with Gasteiger partial charge < -0.3 is 33.8 Å². The van der Waals surface area contributed by atoms with Crippen molar-refractivity contribution in [2.45, 2.75) is 471 Å². The number of carbonyl (C=O) groups is 4. The minimum Gasteiger partial charge on any atom is -0.462 e. The van der Waals surface area contributed by atoms with Gasteiger partial charge in [0.1, 0.15) is 19.3 Å². The maximum atomic E-state index is 13.1. The Morgan fingerprint density at radius 3 is 0.654 bits per heavy atom. The Morgan fingerprint density at radius 2 is 0.442 bits per heavy atom.